The van der Waals surface area contributed by atoms with E-state index in [-0.39, 0.29) is 45.2 Å². The Morgan fingerprint density at radius 1 is 1.14 bits per heavy atom. The van der Waals surface area contributed by atoms with Gasteiger partial charge in [-0.3, -0.25) is 0 Å². The summed E-state index contributed by atoms with van der Waals surface area (Å²) >= 11 is 4.87. The molecule has 6 heteroatoms. The van der Waals surface area contributed by atoms with Gasteiger partial charge in [0.2, 0.25) is 0 Å². The third kappa shape index (κ3) is 15.8. The Bertz CT molecular complexity index is 492. The number of aryl methyl sites for hydroxylation is 1. The van der Waals surface area contributed by atoms with E-state index in [2.05, 4.69) is 60.1 Å². The fraction of sp³-hybridized carbons (Fsp3) is 0.312. The van der Waals surface area contributed by atoms with Gasteiger partial charge in [0.05, 0.1) is 0 Å². The van der Waals surface area contributed by atoms with Crippen LogP contribution in [-0.4, -0.2) is 12.4 Å². The van der Waals surface area contributed by atoms with Crippen LogP contribution in [0.3, 0.4) is 0 Å². The first-order valence-corrected chi connectivity index (χ1v) is 10.6. The van der Waals surface area contributed by atoms with Crippen molar-refractivity contribution in [2.75, 3.05) is 0 Å². The molecule has 2 aromatic rings. The van der Waals surface area contributed by atoms with Gasteiger partial charge < -0.3 is 20.6 Å². The van der Waals surface area contributed by atoms with Crippen molar-refractivity contribution in [3.63, 3.8) is 0 Å². The van der Waals surface area contributed by atoms with Gasteiger partial charge in [-0.05, 0) is 0 Å². The van der Waals surface area contributed by atoms with Crippen molar-refractivity contribution in [2.24, 2.45) is 0 Å². The van der Waals surface area contributed by atoms with Crippen LogP contribution in [0, 0.1) is 21.8 Å². The van der Waals surface area contributed by atoms with E-state index < -0.39 is 0 Å². The molecule has 2 rings (SSSR count). The third-order valence-corrected chi connectivity index (χ3v) is 2.53. The predicted octanol–water partition coefficient (Wildman–Crippen LogP) is 6.83. The van der Waals surface area contributed by atoms with E-state index in [0.717, 1.165) is 0 Å². The maximum atomic E-state index is 6.94. The number of halogens is 3. The molecule has 0 saturated carbocycles. The van der Waals surface area contributed by atoms with Crippen LogP contribution in [0.25, 0.3) is 16.5 Å². The molecule has 0 bridgehead atoms. The number of hydrogen-bond donors (Lipinski definition) is 0. The summed E-state index contributed by atoms with van der Waals surface area (Å²) in [5.74, 6) is 0. The molecule has 0 saturated heterocycles. The summed E-state index contributed by atoms with van der Waals surface area (Å²) in [4.78, 5) is 0. The zero-order chi connectivity index (χ0) is 14.3. The van der Waals surface area contributed by atoms with E-state index in [0.29, 0.717) is 0 Å². The first kappa shape index (κ1) is 34.3. The quantitative estimate of drug-likeness (QED) is 0.279. The standard InChI is InChI=1S/C10H8Br.C4H10N.2CH3.2ClH.Si.Zr/c1-7-5-8-3-2-4-10(11)9(8)6-7;1-4(2,3)5;;;;;;/h2-6H,1H3;5H,1-3H3;2*1H3;2*1H;;/q4*-1;;;;. The molecule has 0 aliphatic carbocycles. The van der Waals surface area contributed by atoms with E-state index in [1.807, 2.05) is 20.8 Å². The molecule has 1 N–H and O–H groups in total. The summed E-state index contributed by atoms with van der Waals surface area (Å²) in [5, 5.41) is 2.63. The minimum atomic E-state index is -0.250. The first-order chi connectivity index (χ1) is 8.27. The molecule has 0 aliphatic heterocycles. The molecular weight excluding hydrogens is 476 g/mol. The maximum absolute atomic E-state index is 6.94. The normalized spacial score (nSPS) is 8.23. The second-order valence-corrected chi connectivity index (χ2v) is 5.88. The van der Waals surface area contributed by atoms with Crippen LogP contribution < -0.4 is 0 Å². The van der Waals surface area contributed by atoms with E-state index >= 15 is 0 Å². The van der Waals surface area contributed by atoms with Crippen LogP contribution in [0.4, 0.5) is 0 Å². The van der Waals surface area contributed by atoms with Gasteiger partial charge >= 0.3 is 30.2 Å². The summed E-state index contributed by atoms with van der Waals surface area (Å²) in [6.07, 6.45) is 0. The van der Waals surface area contributed by atoms with Crippen LogP contribution in [0.2, 0.25) is 0 Å². The van der Waals surface area contributed by atoms with Crippen molar-refractivity contribution in [1.29, 1.82) is 0 Å². The van der Waals surface area contributed by atoms with Crippen molar-refractivity contribution >= 4 is 58.4 Å². The monoisotopic (exact) mass is 499 g/mol. The molecule has 2 aromatic carbocycles. The van der Waals surface area contributed by atoms with Gasteiger partial charge in [-0.15, -0.1) is 74.8 Å². The molecule has 0 fully saturated rings. The van der Waals surface area contributed by atoms with Gasteiger partial charge in [0.25, 0.3) is 0 Å². The second-order valence-electron chi connectivity index (χ2n) is 5.03. The fourth-order valence-corrected chi connectivity index (χ4v) is 1.84. The molecule has 0 aromatic heterocycles. The Kier molecular flexibility index (Phi) is 26.2. The number of benzene rings is 1. The molecule has 128 valence electrons. The van der Waals surface area contributed by atoms with Crippen LogP contribution >= 0.6 is 40.7 Å². The van der Waals surface area contributed by atoms with Crippen molar-refractivity contribution in [3.05, 3.63) is 61.0 Å². The van der Waals surface area contributed by atoms with Crippen LogP contribution in [0.5, 0.6) is 0 Å². The molecule has 0 spiro atoms. The summed E-state index contributed by atoms with van der Waals surface area (Å²) in [6, 6.07) is 10.7. The van der Waals surface area contributed by atoms with Gasteiger partial charge in [-0.2, -0.15) is 6.07 Å². The zero-order valence-corrected chi connectivity index (χ0v) is 20.8. The molecule has 1 nitrogen and oxygen atoms in total. The summed E-state index contributed by atoms with van der Waals surface area (Å²) in [5.41, 5.74) is 8.01. The molecule has 0 heterocycles. The second kappa shape index (κ2) is 16.8. The molecule has 0 amide bonds. The van der Waals surface area contributed by atoms with Crippen molar-refractivity contribution in [1.82, 2.24) is 0 Å². The van der Waals surface area contributed by atoms with Gasteiger partial charge in [0.15, 0.2) is 0 Å². The van der Waals surface area contributed by atoms with Gasteiger partial charge in [-0.25, -0.2) is 0 Å². The van der Waals surface area contributed by atoms with Gasteiger partial charge in [0.1, 0.15) is 0 Å². The first-order valence-electron chi connectivity index (χ1n) is 5.59. The minimum absolute atomic E-state index is 0. The van der Waals surface area contributed by atoms with E-state index in [1.165, 1.54) is 44.1 Å². The average Bonchev–Trinajstić information content (AvgIpc) is 2.61. The number of hydrogen-bond acceptors (Lipinski definition) is 0. The molecule has 2 radical (unpaired) electrons. The summed E-state index contributed by atoms with van der Waals surface area (Å²) < 4.78 is 1.18. The Morgan fingerprint density at radius 2 is 1.55 bits per heavy atom. The Balaban J connectivity index is -0.0000000780. The Labute approximate surface area is 174 Å². The molecule has 0 aliphatic rings. The van der Waals surface area contributed by atoms with Crippen LogP contribution in [-0.2, 0) is 23.3 Å². The van der Waals surface area contributed by atoms with Crippen molar-refractivity contribution < 1.29 is 23.3 Å². The predicted molar refractivity (Wildman–Crippen MR) is 109 cm³/mol. The topological polar surface area (TPSA) is 23.8 Å². The molecule has 22 heavy (non-hydrogen) atoms. The number of nitrogens with one attached hydrogen (secondary N) is 1. The van der Waals surface area contributed by atoms with Crippen LogP contribution in [0.1, 0.15) is 26.3 Å². The SMILES string of the molecule is CC(C)(C)[NH-].Cc1cc2cccc(Br)c2[cH-]1.Cl.Cl.[CH3-].[CH3-].[Si]=[Zr]. The van der Waals surface area contributed by atoms with Crippen LogP contribution in [0.15, 0.2) is 34.8 Å². The molecule has 0 unspecified atom stereocenters. The number of rotatable bonds is 0. The summed E-state index contributed by atoms with van der Waals surface area (Å²) in [6.45, 7) is 10.7. The third-order valence-electron chi connectivity index (χ3n) is 1.84. The number of fused-ring (bicyclic) bond motifs is 1. The fourth-order valence-electron chi connectivity index (χ4n) is 1.35. The van der Waals surface area contributed by atoms with E-state index in [1.54, 1.807) is 0 Å². The Morgan fingerprint density at radius 3 is 1.91 bits per heavy atom. The van der Waals surface area contributed by atoms with Crippen molar-refractivity contribution in [3.8, 4) is 0 Å². The average molecular weight is 503 g/mol. The zero-order valence-electron chi connectivity index (χ0n) is 14.1. The van der Waals surface area contributed by atoms with E-state index in [4.69, 9.17) is 5.73 Å². The van der Waals surface area contributed by atoms with E-state index in [9.17, 15) is 0 Å². The summed E-state index contributed by atoms with van der Waals surface area (Å²) in [7, 11) is 0. The Hall–Kier alpha value is 0.950. The van der Waals surface area contributed by atoms with Gasteiger partial charge in [0, 0.05) is 0 Å². The molecular formula is C16H26BrCl2NSiZr-4. The van der Waals surface area contributed by atoms with Crippen molar-refractivity contribution in [2.45, 2.75) is 33.2 Å². The molecule has 0 atom stereocenters. The van der Waals surface area contributed by atoms with Gasteiger partial charge in [-0.1, -0.05) is 44.3 Å².